The molecule has 2 nitrogen and oxygen atoms in total. The van der Waals surface area contributed by atoms with Crippen LogP contribution in [-0.2, 0) is 0 Å². The van der Waals surface area contributed by atoms with Gasteiger partial charge in [0.1, 0.15) is 0 Å². The van der Waals surface area contributed by atoms with Crippen LogP contribution in [0.5, 0.6) is 0 Å². The molecule has 1 unspecified atom stereocenters. The number of rotatable bonds is 5. The maximum absolute atomic E-state index is 9.99. The zero-order valence-electron chi connectivity index (χ0n) is 10.0. The van der Waals surface area contributed by atoms with Gasteiger partial charge in [0, 0.05) is 17.3 Å². The molecule has 2 aromatic rings. The van der Waals surface area contributed by atoms with Crippen LogP contribution < -0.4 is 5.32 Å². The fourth-order valence-corrected chi connectivity index (χ4v) is 1.98. The van der Waals surface area contributed by atoms with Crippen molar-refractivity contribution < 1.29 is 5.11 Å². The molecule has 18 heavy (non-hydrogen) atoms. The van der Waals surface area contributed by atoms with Gasteiger partial charge in [0.2, 0.25) is 0 Å². The number of nitrogens with one attached hydrogen (secondary N) is 1. The standard InChI is InChI=1S/C15H16ClNO/c16-13-7-4-8-14(11-13)17-10-9-15(18)12-5-2-1-3-6-12/h1-8,11,15,17-18H,9-10H2. The molecule has 94 valence electrons. The summed E-state index contributed by atoms with van der Waals surface area (Å²) in [4.78, 5) is 0. The number of hydrogen-bond donors (Lipinski definition) is 2. The smallest absolute Gasteiger partial charge is 0.0806 e. The Hall–Kier alpha value is -1.51. The monoisotopic (exact) mass is 261 g/mol. The van der Waals surface area contributed by atoms with Gasteiger partial charge < -0.3 is 10.4 Å². The van der Waals surface area contributed by atoms with Crippen LogP contribution >= 0.6 is 11.6 Å². The van der Waals surface area contributed by atoms with Crippen LogP contribution in [0.15, 0.2) is 54.6 Å². The summed E-state index contributed by atoms with van der Waals surface area (Å²) in [5.41, 5.74) is 1.92. The first kappa shape index (κ1) is 12.9. The minimum absolute atomic E-state index is 0.433. The molecule has 0 amide bonds. The molecule has 0 saturated carbocycles. The molecule has 0 spiro atoms. The second-order valence-electron chi connectivity index (χ2n) is 4.15. The molecule has 2 N–H and O–H groups in total. The van der Waals surface area contributed by atoms with Gasteiger partial charge in [0.15, 0.2) is 0 Å². The number of aliphatic hydroxyl groups is 1. The van der Waals surface area contributed by atoms with E-state index in [4.69, 9.17) is 11.6 Å². The third-order valence-corrected chi connectivity index (χ3v) is 2.99. The van der Waals surface area contributed by atoms with E-state index in [1.54, 1.807) is 0 Å². The molecule has 0 heterocycles. The van der Waals surface area contributed by atoms with E-state index in [1.165, 1.54) is 0 Å². The van der Waals surface area contributed by atoms with E-state index in [1.807, 2.05) is 54.6 Å². The Bertz CT molecular complexity index is 487. The zero-order chi connectivity index (χ0) is 12.8. The first-order chi connectivity index (χ1) is 8.75. The Kier molecular flexibility index (Phi) is 4.62. The van der Waals surface area contributed by atoms with Gasteiger partial charge in [-0.15, -0.1) is 0 Å². The van der Waals surface area contributed by atoms with E-state index >= 15 is 0 Å². The number of hydrogen-bond acceptors (Lipinski definition) is 2. The molecule has 0 aliphatic rings. The van der Waals surface area contributed by atoms with E-state index < -0.39 is 6.10 Å². The predicted molar refractivity (Wildman–Crippen MR) is 76.0 cm³/mol. The zero-order valence-corrected chi connectivity index (χ0v) is 10.8. The molecule has 0 bridgehead atoms. The number of aliphatic hydroxyl groups excluding tert-OH is 1. The number of halogens is 1. The second kappa shape index (κ2) is 6.43. The fraction of sp³-hybridized carbons (Fsp3) is 0.200. The van der Waals surface area contributed by atoms with Crippen molar-refractivity contribution in [3.05, 3.63) is 65.2 Å². The van der Waals surface area contributed by atoms with Crippen LogP contribution in [0.3, 0.4) is 0 Å². The summed E-state index contributed by atoms with van der Waals surface area (Å²) in [5, 5.41) is 13.9. The SMILES string of the molecule is OC(CCNc1cccc(Cl)c1)c1ccccc1. The Morgan fingerprint density at radius 3 is 2.56 bits per heavy atom. The first-order valence-corrected chi connectivity index (χ1v) is 6.36. The summed E-state index contributed by atoms with van der Waals surface area (Å²) in [6.45, 7) is 0.705. The van der Waals surface area contributed by atoms with Gasteiger partial charge in [-0.2, -0.15) is 0 Å². The average molecular weight is 262 g/mol. The van der Waals surface area contributed by atoms with Crippen LogP contribution in [0.25, 0.3) is 0 Å². The highest BCUT2D eigenvalue weighted by Gasteiger charge is 2.05. The molecule has 0 aliphatic heterocycles. The lowest BCUT2D eigenvalue weighted by molar-refractivity contribution is 0.171. The van der Waals surface area contributed by atoms with Crippen molar-refractivity contribution in [3.8, 4) is 0 Å². The molecule has 0 aliphatic carbocycles. The van der Waals surface area contributed by atoms with Gasteiger partial charge in [0.25, 0.3) is 0 Å². The van der Waals surface area contributed by atoms with Crippen molar-refractivity contribution >= 4 is 17.3 Å². The van der Waals surface area contributed by atoms with E-state index in [2.05, 4.69) is 5.32 Å². The third-order valence-electron chi connectivity index (χ3n) is 2.76. The summed E-state index contributed by atoms with van der Waals surface area (Å²) in [6, 6.07) is 17.3. The molecular weight excluding hydrogens is 246 g/mol. The molecular formula is C15H16ClNO. The lowest BCUT2D eigenvalue weighted by Crippen LogP contribution is -2.07. The van der Waals surface area contributed by atoms with Crippen molar-refractivity contribution in [2.45, 2.75) is 12.5 Å². The van der Waals surface area contributed by atoms with Crippen LogP contribution in [0, 0.1) is 0 Å². The Morgan fingerprint density at radius 1 is 1.06 bits per heavy atom. The van der Waals surface area contributed by atoms with Gasteiger partial charge in [-0.25, -0.2) is 0 Å². The van der Waals surface area contributed by atoms with E-state index in [-0.39, 0.29) is 0 Å². The van der Waals surface area contributed by atoms with Crippen molar-refractivity contribution in [2.75, 3.05) is 11.9 Å². The van der Waals surface area contributed by atoms with Crippen LogP contribution in [0.2, 0.25) is 5.02 Å². The van der Waals surface area contributed by atoms with Crippen molar-refractivity contribution in [3.63, 3.8) is 0 Å². The Morgan fingerprint density at radius 2 is 1.83 bits per heavy atom. The first-order valence-electron chi connectivity index (χ1n) is 5.98. The highest BCUT2D eigenvalue weighted by Crippen LogP contribution is 2.18. The molecule has 1 atom stereocenters. The minimum atomic E-state index is -0.433. The largest absolute Gasteiger partial charge is 0.388 e. The maximum Gasteiger partial charge on any atom is 0.0806 e. The van der Waals surface area contributed by atoms with Gasteiger partial charge in [0.05, 0.1) is 6.10 Å². The molecule has 0 saturated heterocycles. The van der Waals surface area contributed by atoms with Gasteiger partial charge >= 0.3 is 0 Å². The van der Waals surface area contributed by atoms with Crippen molar-refractivity contribution in [1.82, 2.24) is 0 Å². The molecule has 0 aromatic heterocycles. The van der Waals surface area contributed by atoms with E-state index in [9.17, 15) is 5.11 Å². The average Bonchev–Trinajstić information content (AvgIpc) is 2.40. The van der Waals surface area contributed by atoms with E-state index in [0.29, 0.717) is 18.0 Å². The summed E-state index contributed by atoms with van der Waals surface area (Å²) in [7, 11) is 0. The van der Waals surface area contributed by atoms with Gasteiger partial charge in [-0.1, -0.05) is 48.0 Å². The maximum atomic E-state index is 9.99. The lowest BCUT2D eigenvalue weighted by atomic mass is 10.1. The fourth-order valence-electron chi connectivity index (χ4n) is 1.79. The highest BCUT2D eigenvalue weighted by molar-refractivity contribution is 6.30. The van der Waals surface area contributed by atoms with Crippen LogP contribution in [0.4, 0.5) is 5.69 Å². The molecule has 2 rings (SSSR count). The van der Waals surface area contributed by atoms with Gasteiger partial charge in [-0.05, 0) is 30.2 Å². The van der Waals surface area contributed by atoms with E-state index in [0.717, 1.165) is 11.3 Å². The summed E-state index contributed by atoms with van der Waals surface area (Å²) in [5.74, 6) is 0. The lowest BCUT2D eigenvalue weighted by Gasteiger charge is -2.12. The number of anilines is 1. The molecule has 3 heteroatoms. The topological polar surface area (TPSA) is 32.3 Å². The third kappa shape index (κ3) is 3.76. The van der Waals surface area contributed by atoms with Crippen molar-refractivity contribution in [2.24, 2.45) is 0 Å². The molecule has 0 radical (unpaired) electrons. The summed E-state index contributed by atoms with van der Waals surface area (Å²) in [6.07, 6.45) is 0.231. The normalized spacial score (nSPS) is 12.1. The molecule has 2 aromatic carbocycles. The Balaban J connectivity index is 1.82. The quantitative estimate of drug-likeness (QED) is 0.856. The highest BCUT2D eigenvalue weighted by atomic mass is 35.5. The summed E-state index contributed by atoms with van der Waals surface area (Å²) < 4.78 is 0. The number of benzene rings is 2. The Labute approximate surface area is 112 Å². The second-order valence-corrected chi connectivity index (χ2v) is 4.59. The molecule has 0 fully saturated rings. The van der Waals surface area contributed by atoms with Crippen LogP contribution in [-0.4, -0.2) is 11.7 Å². The minimum Gasteiger partial charge on any atom is -0.388 e. The van der Waals surface area contributed by atoms with Crippen molar-refractivity contribution in [1.29, 1.82) is 0 Å². The van der Waals surface area contributed by atoms with Gasteiger partial charge in [-0.3, -0.25) is 0 Å². The van der Waals surface area contributed by atoms with Crippen LogP contribution in [0.1, 0.15) is 18.1 Å². The summed E-state index contributed by atoms with van der Waals surface area (Å²) >= 11 is 5.89. The predicted octanol–water partition coefficient (Wildman–Crippen LogP) is 3.88.